The fourth-order valence-electron chi connectivity index (χ4n) is 3.45. The highest BCUT2D eigenvalue weighted by Crippen LogP contribution is 2.32. The molecule has 0 saturated heterocycles. The molecule has 1 fully saturated rings. The second kappa shape index (κ2) is 8.39. The van der Waals surface area contributed by atoms with Crippen LogP contribution in [0.1, 0.15) is 56.8 Å². The fourth-order valence-corrected chi connectivity index (χ4v) is 4.95. The molecule has 0 radical (unpaired) electrons. The topological polar surface area (TPSA) is 104 Å². The molecule has 1 aliphatic carbocycles. The molecule has 150 valence electrons. The molecule has 2 N–H and O–H groups in total. The zero-order chi connectivity index (χ0) is 20.2. The molecule has 1 aromatic carbocycles. The number of carboxylic acids is 1. The van der Waals surface area contributed by atoms with Crippen molar-refractivity contribution in [1.29, 1.82) is 0 Å². The van der Waals surface area contributed by atoms with Gasteiger partial charge in [0.15, 0.2) is 0 Å². The Balaban J connectivity index is 2.28. The summed E-state index contributed by atoms with van der Waals surface area (Å²) in [4.78, 5) is 24.6. The van der Waals surface area contributed by atoms with Gasteiger partial charge in [0.25, 0.3) is 5.91 Å². The molecule has 1 aliphatic rings. The van der Waals surface area contributed by atoms with Crippen LogP contribution in [0.25, 0.3) is 0 Å². The van der Waals surface area contributed by atoms with Crippen molar-refractivity contribution in [3.63, 3.8) is 0 Å². The number of nitrogens with zero attached hydrogens (tertiary/aromatic N) is 1. The van der Waals surface area contributed by atoms with Gasteiger partial charge in [0.05, 0.1) is 4.90 Å². The van der Waals surface area contributed by atoms with Crippen LogP contribution < -0.4 is 5.32 Å². The number of aliphatic carboxylic acids is 1. The molecule has 0 bridgehead atoms. The molecule has 0 aromatic heterocycles. The van der Waals surface area contributed by atoms with Gasteiger partial charge in [-0.15, -0.1) is 0 Å². The van der Waals surface area contributed by atoms with E-state index in [4.69, 9.17) is 0 Å². The Kier molecular flexibility index (Phi) is 6.64. The number of carboxylic acid groups (broad SMARTS) is 1. The van der Waals surface area contributed by atoms with E-state index in [9.17, 15) is 23.1 Å². The van der Waals surface area contributed by atoms with Crippen LogP contribution in [0.4, 0.5) is 0 Å². The molecule has 0 heterocycles. The lowest BCUT2D eigenvalue weighted by molar-refractivity contribution is -0.146. The minimum absolute atomic E-state index is 0.0282. The normalized spacial score (nSPS) is 23.2. The standard InChI is InChI=1S/C19H28N2O5S/c1-4-21(5-2)27(25,26)16-8-6-7-15(13-16)17(22)20-19(18(23)24)11-9-14(3)10-12-19/h6-8,13-14H,4-5,9-12H2,1-3H3,(H,20,22)(H,23,24). The van der Waals surface area contributed by atoms with Crippen molar-refractivity contribution in [3.05, 3.63) is 29.8 Å². The number of benzene rings is 1. The predicted octanol–water partition coefficient (Wildman–Crippen LogP) is 2.48. The predicted molar refractivity (Wildman–Crippen MR) is 102 cm³/mol. The first-order valence-electron chi connectivity index (χ1n) is 9.32. The maximum Gasteiger partial charge on any atom is 0.329 e. The zero-order valence-electron chi connectivity index (χ0n) is 16.1. The van der Waals surface area contributed by atoms with Gasteiger partial charge in [0.2, 0.25) is 10.0 Å². The summed E-state index contributed by atoms with van der Waals surface area (Å²) in [5, 5.41) is 12.3. The number of amides is 1. The number of carbonyl (C=O) groups excluding carboxylic acids is 1. The van der Waals surface area contributed by atoms with Crippen LogP contribution in [0.3, 0.4) is 0 Å². The summed E-state index contributed by atoms with van der Waals surface area (Å²) in [7, 11) is -3.69. The van der Waals surface area contributed by atoms with E-state index in [1.807, 2.05) is 0 Å². The van der Waals surface area contributed by atoms with Crippen molar-refractivity contribution in [2.24, 2.45) is 5.92 Å². The first-order valence-corrected chi connectivity index (χ1v) is 10.8. The van der Waals surface area contributed by atoms with Crippen molar-refractivity contribution >= 4 is 21.9 Å². The quantitative estimate of drug-likeness (QED) is 0.737. The van der Waals surface area contributed by atoms with E-state index in [0.717, 1.165) is 12.8 Å². The van der Waals surface area contributed by atoms with Crippen LogP contribution in [0.5, 0.6) is 0 Å². The average molecular weight is 397 g/mol. The Hall–Kier alpha value is -1.93. The van der Waals surface area contributed by atoms with Gasteiger partial charge in [-0.25, -0.2) is 13.2 Å². The Bertz CT molecular complexity index is 794. The van der Waals surface area contributed by atoms with E-state index in [1.54, 1.807) is 13.8 Å². The lowest BCUT2D eigenvalue weighted by Crippen LogP contribution is -2.56. The third-order valence-corrected chi connectivity index (χ3v) is 7.38. The molecule has 0 atom stereocenters. The molecular formula is C19H28N2O5S. The molecule has 0 spiro atoms. The van der Waals surface area contributed by atoms with Gasteiger partial charge in [-0.05, 0) is 49.8 Å². The molecule has 7 nitrogen and oxygen atoms in total. The first kappa shape index (κ1) is 21.4. The third-order valence-electron chi connectivity index (χ3n) is 5.33. The van der Waals surface area contributed by atoms with E-state index in [1.165, 1.54) is 28.6 Å². The minimum atomic E-state index is -3.69. The van der Waals surface area contributed by atoms with Crippen molar-refractivity contribution < 1.29 is 23.1 Å². The van der Waals surface area contributed by atoms with E-state index < -0.39 is 27.4 Å². The molecule has 2 rings (SSSR count). The van der Waals surface area contributed by atoms with Crippen molar-refractivity contribution in [2.45, 2.75) is 56.9 Å². The summed E-state index contributed by atoms with van der Waals surface area (Å²) in [6, 6.07) is 5.75. The second-order valence-electron chi connectivity index (χ2n) is 7.14. The highest BCUT2D eigenvalue weighted by atomic mass is 32.2. The summed E-state index contributed by atoms with van der Waals surface area (Å²) >= 11 is 0. The summed E-state index contributed by atoms with van der Waals surface area (Å²) in [5.41, 5.74) is -1.15. The smallest absolute Gasteiger partial charge is 0.329 e. The zero-order valence-corrected chi connectivity index (χ0v) is 16.9. The van der Waals surface area contributed by atoms with Gasteiger partial charge < -0.3 is 10.4 Å². The summed E-state index contributed by atoms with van der Waals surface area (Å²) in [5.74, 6) is -1.19. The van der Waals surface area contributed by atoms with Crippen LogP contribution in [-0.2, 0) is 14.8 Å². The fraction of sp³-hybridized carbons (Fsp3) is 0.579. The van der Waals surface area contributed by atoms with Gasteiger partial charge in [-0.1, -0.05) is 26.8 Å². The first-order chi connectivity index (χ1) is 12.7. The van der Waals surface area contributed by atoms with Crippen LogP contribution in [0, 0.1) is 5.92 Å². The molecule has 0 unspecified atom stereocenters. The Morgan fingerprint density at radius 1 is 1.22 bits per heavy atom. The molecule has 1 saturated carbocycles. The number of hydrogen-bond acceptors (Lipinski definition) is 4. The summed E-state index contributed by atoms with van der Waals surface area (Å²) < 4.78 is 26.6. The maximum absolute atomic E-state index is 12.7. The maximum atomic E-state index is 12.7. The lowest BCUT2D eigenvalue weighted by atomic mass is 9.77. The largest absolute Gasteiger partial charge is 0.480 e. The van der Waals surface area contributed by atoms with Gasteiger partial charge in [-0.3, -0.25) is 4.79 Å². The molecule has 8 heteroatoms. The number of hydrogen-bond donors (Lipinski definition) is 2. The molecular weight excluding hydrogens is 368 g/mol. The molecule has 1 amide bonds. The van der Waals surface area contributed by atoms with Crippen molar-refractivity contribution in [1.82, 2.24) is 9.62 Å². The Morgan fingerprint density at radius 2 is 1.81 bits per heavy atom. The monoisotopic (exact) mass is 396 g/mol. The van der Waals surface area contributed by atoms with Crippen LogP contribution >= 0.6 is 0 Å². The Morgan fingerprint density at radius 3 is 2.33 bits per heavy atom. The van der Waals surface area contributed by atoms with Gasteiger partial charge in [-0.2, -0.15) is 4.31 Å². The van der Waals surface area contributed by atoms with Gasteiger partial charge >= 0.3 is 5.97 Å². The van der Waals surface area contributed by atoms with Crippen LogP contribution in [-0.4, -0.2) is 48.3 Å². The SMILES string of the molecule is CCN(CC)S(=O)(=O)c1cccc(C(=O)NC2(C(=O)O)CCC(C)CC2)c1. The highest BCUT2D eigenvalue weighted by molar-refractivity contribution is 7.89. The average Bonchev–Trinajstić information content (AvgIpc) is 2.64. The van der Waals surface area contributed by atoms with Crippen molar-refractivity contribution in [3.8, 4) is 0 Å². The highest BCUT2D eigenvalue weighted by Gasteiger charge is 2.42. The minimum Gasteiger partial charge on any atom is -0.480 e. The van der Waals surface area contributed by atoms with Crippen LogP contribution in [0.15, 0.2) is 29.2 Å². The molecule has 27 heavy (non-hydrogen) atoms. The summed E-state index contributed by atoms with van der Waals surface area (Å²) in [6.45, 7) is 6.22. The lowest BCUT2D eigenvalue weighted by Gasteiger charge is -2.36. The molecule has 0 aliphatic heterocycles. The Labute approximate surface area is 160 Å². The van der Waals surface area contributed by atoms with E-state index in [0.29, 0.717) is 31.8 Å². The van der Waals surface area contributed by atoms with E-state index in [2.05, 4.69) is 12.2 Å². The van der Waals surface area contributed by atoms with E-state index >= 15 is 0 Å². The van der Waals surface area contributed by atoms with Crippen LogP contribution in [0.2, 0.25) is 0 Å². The molecule has 1 aromatic rings. The second-order valence-corrected chi connectivity index (χ2v) is 9.08. The third kappa shape index (κ3) is 4.50. The van der Waals surface area contributed by atoms with Gasteiger partial charge in [0, 0.05) is 18.7 Å². The number of carbonyl (C=O) groups is 2. The van der Waals surface area contributed by atoms with Crippen molar-refractivity contribution in [2.75, 3.05) is 13.1 Å². The van der Waals surface area contributed by atoms with Gasteiger partial charge in [0.1, 0.15) is 5.54 Å². The number of rotatable bonds is 7. The summed E-state index contributed by atoms with van der Waals surface area (Å²) in [6.07, 6.45) is 2.19. The number of sulfonamides is 1. The van der Waals surface area contributed by atoms with E-state index in [-0.39, 0.29) is 10.5 Å². The number of nitrogens with one attached hydrogen (secondary N) is 1.